The second-order valence-corrected chi connectivity index (χ2v) is 22.3. The number of esters is 1. The number of rotatable bonds is 24. The summed E-state index contributed by atoms with van der Waals surface area (Å²) in [6, 6.07) is 33.6. The second kappa shape index (κ2) is 26.5. The van der Waals surface area contributed by atoms with Crippen molar-refractivity contribution < 1.29 is 38.8 Å². The normalized spacial score (nSPS) is 17.9. The molecule has 2 saturated carbocycles. The van der Waals surface area contributed by atoms with Crippen LogP contribution in [0.15, 0.2) is 109 Å². The molecule has 0 aliphatic heterocycles. The van der Waals surface area contributed by atoms with Gasteiger partial charge in [-0.2, -0.15) is 0 Å². The molecule has 6 aromatic rings. The zero-order valence-electron chi connectivity index (χ0n) is 46.4. The Hall–Kier alpha value is -7.07. The maximum absolute atomic E-state index is 15.5. The lowest BCUT2D eigenvalue weighted by Gasteiger charge is -2.29. The molecule has 3 aliphatic carbocycles. The molecule has 10 heteroatoms. The highest BCUT2D eigenvalue weighted by Crippen LogP contribution is 2.51. The van der Waals surface area contributed by atoms with Crippen molar-refractivity contribution in [3.63, 3.8) is 0 Å². The Morgan fingerprint density at radius 3 is 1.45 bits per heavy atom. The van der Waals surface area contributed by atoms with Gasteiger partial charge in [0.2, 0.25) is 11.6 Å². The summed E-state index contributed by atoms with van der Waals surface area (Å²) in [7, 11) is 0. The summed E-state index contributed by atoms with van der Waals surface area (Å²) in [5.74, 6) is 0.807. The number of fused-ring (bicyclic) bond motifs is 2. The minimum atomic E-state index is -0.720. The topological polar surface area (TPSA) is 143 Å². The lowest BCUT2D eigenvalue weighted by atomic mass is 9.77. The number of hydrogen-bond donors (Lipinski definition) is 4. The lowest BCUT2D eigenvalue weighted by Crippen LogP contribution is -2.24. The van der Waals surface area contributed by atoms with Crippen LogP contribution in [0.5, 0.6) is 40.2 Å². The smallest absolute Gasteiger partial charge is 0.311 e. The van der Waals surface area contributed by atoms with Crippen LogP contribution < -0.4 is 24.8 Å². The van der Waals surface area contributed by atoms with Crippen LogP contribution in [-0.4, -0.2) is 27.7 Å². The van der Waals surface area contributed by atoms with Crippen LogP contribution in [0.4, 0.5) is 22.7 Å². The van der Waals surface area contributed by atoms with Crippen LogP contribution in [-0.2, 0) is 11.2 Å². The molecule has 0 bridgehead atoms. The van der Waals surface area contributed by atoms with Gasteiger partial charge in [0, 0.05) is 36.0 Å². The summed E-state index contributed by atoms with van der Waals surface area (Å²) in [5.41, 5.74) is 4.22. The predicted molar refractivity (Wildman–Crippen MR) is 312 cm³/mol. The molecular formula is C68H80N2O8. The van der Waals surface area contributed by atoms with Crippen molar-refractivity contribution in [2.45, 2.75) is 174 Å². The van der Waals surface area contributed by atoms with E-state index in [9.17, 15) is 15.0 Å². The summed E-state index contributed by atoms with van der Waals surface area (Å²) in [5, 5.41) is 31.4. The summed E-state index contributed by atoms with van der Waals surface area (Å²) < 4.78 is 18.7. The maximum atomic E-state index is 15.5. The predicted octanol–water partition coefficient (Wildman–Crippen LogP) is 18.7. The number of ether oxygens (including phenoxy) is 3. The Bertz CT molecular complexity index is 3000. The molecule has 9 rings (SSSR count). The van der Waals surface area contributed by atoms with Gasteiger partial charge in [-0.05, 0) is 160 Å². The van der Waals surface area contributed by atoms with Gasteiger partial charge in [-0.15, -0.1) is 0 Å². The van der Waals surface area contributed by atoms with Crippen LogP contribution in [0.1, 0.15) is 216 Å². The molecule has 0 atom stereocenters. The first kappa shape index (κ1) is 55.7. The number of hydrogen-bond acceptors (Lipinski definition) is 10. The van der Waals surface area contributed by atoms with Gasteiger partial charge in [0.1, 0.15) is 17.2 Å². The molecule has 0 aromatic heterocycles. The molecule has 0 radical (unpaired) electrons. The fraction of sp³-hybridized carbons (Fsp3) is 0.426. The molecule has 78 heavy (non-hydrogen) atoms. The average molecular weight is 1050 g/mol. The van der Waals surface area contributed by atoms with Gasteiger partial charge in [0.05, 0.1) is 33.6 Å². The number of aromatic hydroxyl groups is 2. The number of carbonyl (C=O) groups excluding carboxylic acids is 3. The van der Waals surface area contributed by atoms with E-state index in [2.05, 4.69) is 62.6 Å². The number of unbranched alkanes of at least 4 members (excludes halogenated alkanes) is 5. The summed E-state index contributed by atoms with van der Waals surface area (Å²) >= 11 is 0. The Balaban J connectivity index is 1.08. The fourth-order valence-corrected chi connectivity index (χ4v) is 12.0. The molecule has 0 saturated heterocycles. The van der Waals surface area contributed by atoms with Crippen molar-refractivity contribution in [1.82, 2.24) is 0 Å². The third-order valence-corrected chi connectivity index (χ3v) is 16.6. The number of phenolic OH excluding ortho intramolecular Hbond substituents is 2. The minimum absolute atomic E-state index is 0.0234. The molecule has 6 aromatic carbocycles. The van der Waals surface area contributed by atoms with Crippen molar-refractivity contribution in [2.75, 3.05) is 10.6 Å². The average Bonchev–Trinajstić information content (AvgIpc) is 3.64. The van der Waals surface area contributed by atoms with E-state index in [1.807, 2.05) is 48.5 Å². The van der Waals surface area contributed by atoms with Crippen molar-refractivity contribution in [1.29, 1.82) is 0 Å². The van der Waals surface area contributed by atoms with Gasteiger partial charge in [0.25, 0.3) is 0 Å². The standard InChI is InChI=1S/C68H80N2O8/c1-5-9-13-20-60(71)78-55-19-14-18-52(41-55)70-57-43-59(77-54-39-33-50(34-40-54)48-29-23-45(24-30-48)16-11-7-3)66(73)64-62(57)68(75)63-61(67(64)74)56(69-51-35-25-46(26-36-51)17-12-8-4)42-58(65(63)72)76-53-37-31-49(32-38-53)47-27-21-44(22-28-47)15-10-6-2/h14,18-19,25-26,31-45,47-48,69-70,72-73H,5-13,15-17,20-24,27-30H2,1-4H3. The number of ketones is 2. The first-order chi connectivity index (χ1) is 38.0. The van der Waals surface area contributed by atoms with Crippen LogP contribution >= 0.6 is 0 Å². The van der Waals surface area contributed by atoms with Crippen molar-refractivity contribution >= 4 is 40.3 Å². The Morgan fingerprint density at radius 2 is 0.974 bits per heavy atom. The molecular weight excluding hydrogens is 973 g/mol. The van der Waals surface area contributed by atoms with Gasteiger partial charge < -0.3 is 35.1 Å². The summed E-state index contributed by atoms with van der Waals surface area (Å²) in [6.07, 6.45) is 23.0. The second-order valence-electron chi connectivity index (χ2n) is 22.3. The molecule has 2 fully saturated rings. The van der Waals surface area contributed by atoms with Crippen LogP contribution in [0.2, 0.25) is 0 Å². The Labute approximate surface area is 462 Å². The van der Waals surface area contributed by atoms with E-state index in [4.69, 9.17) is 14.2 Å². The van der Waals surface area contributed by atoms with Crippen molar-refractivity contribution in [2.24, 2.45) is 11.8 Å². The Kier molecular flexibility index (Phi) is 18.9. The van der Waals surface area contributed by atoms with Crippen LogP contribution in [0.25, 0.3) is 0 Å². The monoisotopic (exact) mass is 1050 g/mol. The molecule has 0 heterocycles. The molecule has 4 N–H and O–H groups in total. The largest absolute Gasteiger partial charge is 0.504 e. The summed E-state index contributed by atoms with van der Waals surface area (Å²) in [6.45, 7) is 8.74. The third kappa shape index (κ3) is 13.4. The highest BCUT2D eigenvalue weighted by atomic mass is 16.5. The first-order valence-corrected chi connectivity index (χ1v) is 29.4. The SMILES string of the molecule is CCCCCC(=O)Oc1cccc(Nc2cc(Oc3ccc(C4CCC(CCCC)CC4)cc3)c(O)c3c2C(=O)c2c(O)c(Oc4ccc(C5CCC(CCCC)CC5)cc4)cc(Nc4ccc(CCCC)cc4)c2C3=O)c1. The van der Waals surface area contributed by atoms with Gasteiger partial charge >= 0.3 is 5.97 Å². The van der Waals surface area contributed by atoms with E-state index in [-0.39, 0.29) is 57.5 Å². The van der Waals surface area contributed by atoms with Gasteiger partial charge in [-0.3, -0.25) is 14.4 Å². The quantitative estimate of drug-likeness (QED) is 0.0200. The van der Waals surface area contributed by atoms with E-state index in [1.54, 1.807) is 30.3 Å². The fourth-order valence-electron chi connectivity index (χ4n) is 12.0. The lowest BCUT2D eigenvalue weighted by molar-refractivity contribution is -0.134. The molecule has 3 aliphatic rings. The zero-order valence-corrected chi connectivity index (χ0v) is 46.4. The maximum Gasteiger partial charge on any atom is 0.311 e. The van der Waals surface area contributed by atoms with E-state index in [1.165, 1.54) is 87.0 Å². The number of aryl methyl sites for hydroxylation is 1. The molecule has 0 spiro atoms. The zero-order chi connectivity index (χ0) is 54.5. The number of nitrogens with one attached hydrogen (secondary N) is 2. The third-order valence-electron chi connectivity index (χ3n) is 16.6. The van der Waals surface area contributed by atoms with Crippen molar-refractivity contribution in [3.05, 3.63) is 148 Å². The van der Waals surface area contributed by atoms with E-state index in [0.29, 0.717) is 46.9 Å². The number of phenols is 2. The van der Waals surface area contributed by atoms with E-state index >= 15 is 9.59 Å². The number of anilines is 4. The minimum Gasteiger partial charge on any atom is -0.504 e. The highest BCUT2D eigenvalue weighted by Gasteiger charge is 2.41. The van der Waals surface area contributed by atoms with E-state index in [0.717, 1.165) is 69.6 Å². The summed E-state index contributed by atoms with van der Waals surface area (Å²) in [4.78, 5) is 43.8. The molecule has 410 valence electrons. The number of carbonyl (C=O) groups is 3. The Morgan fingerprint density at radius 1 is 0.500 bits per heavy atom. The van der Waals surface area contributed by atoms with Crippen LogP contribution in [0.3, 0.4) is 0 Å². The number of benzene rings is 6. The highest BCUT2D eigenvalue weighted by molar-refractivity contribution is 6.34. The van der Waals surface area contributed by atoms with E-state index < -0.39 is 23.1 Å². The molecule has 0 amide bonds. The van der Waals surface area contributed by atoms with Gasteiger partial charge in [-0.25, -0.2) is 0 Å². The molecule has 0 unspecified atom stereocenters. The van der Waals surface area contributed by atoms with Crippen LogP contribution in [0, 0.1) is 11.8 Å². The first-order valence-electron chi connectivity index (χ1n) is 29.4. The van der Waals surface area contributed by atoms with Crippen molar-refractivity contribution in [3.8, 4) is 40.2 Å². The molecule has 10 nitrogen and oxygen atoms in total. The van der Waals surface area contributed by atoms with Gasteiger partial charge in [-0.1, -0.05) is 128 Å². The van der Waals surface area contributed by atoms with Gasteiger partial charge in [0.15, 0.2) is 23.0 Å².